The first-order valence-electron chi connectivity index (χ1n) is 16.8. The number of pyridine rings is 1. The standard InChI is InChI=1S/C36H36F3N7O7S/c1-34(2,3)53-33(48)42-27-20-54(49,50)29-12-9-24(30-43-44-32(51-30)35(21-40)13-15-45(4)16-14-35)17-28(29)46(31(27)47)19-22-5-7-23(8-6-22)26-11-10-25(18-41-26)52-36(37,38)39/h5-12,17-18,27H,13-16,19-20H2,1-4H3,(H,42,48)/t27-/m0/s1. The number of hydrogen-bond donors (Lipinski definition) is 1. The molecule has 284 valence electrons. The molecule has 1 atom stereocenters. The molecule has 0 aliphatic carbocycles. The lowest BCUT2D eigenvalue weighted by molar-refractivity contribution is -0.274. The Labute approximate surface area is 308 Å². The average Bonchev–Trinajstić information content (AvgIpc) is 3.58. The van der Waals surface area contributed by atoms with Gasteiger partial charge in [0.15, 0.2) is 9.84 Å². The van der Waals surface area contributed by atoms with Crippen LogP contribution >= 0.6 is 0 Å². The number of carbonyl (C=O) groups excluding carboxylic acids is 2. The second kappa shape index (κ2) is 14.4. The number of piperidine rings is 1. The van der Waals surface area contributed by atoms with Crippen LogP contribution in [0.25, 0.3) is 22.7 Å². The number of likely N-dealkylation sites (tertiary alicyclic amines) is 1. The summed E-state index contributed by atoms with van der Waals surface area (Å²) in [5, 5.41) is 20.9. The number of hydrogen-bond acceptors (Lipinski definition) is 12. The van der Waals surface area contributed by atoms with Gasteiger partial charge in [-0.05, 0) is 89.6 Å². The molecule has 14 nitrogen and oxygen atoms in total. The van der Waals surface area contributed by atoms with Crippen LogP contribution in [0, 0.1) is 11.3 Å². The zero-order valence-electron chi connectivity index (χ0n) is 29.7. The number of nitriles is 1. The van der Waals surface area contributed by atoms with Gasteiger partial charge in [-0.3, -0.25) is 9.78 Å². The van der Waals surface area contributed by atoms with Crippen LogP contribution in [-0.4, -0.2) is 84.4 Å². The van der Waals surface area contributed by atoms with E-state index in [4.69, 9.17) is 9.15 Å². The summed E-state index contributed by atoms with van der Waals surface area (Å²) in [5.74, 6) is -1.82. The van der Waals surface area contributed by atoms with Crippen LogP contribution < -0.4 is 15.0 Å². The molecule has 2 aromatic heterocycles. The maximum atomic E-state index is 14.3. The molecule has 2 aliphatic heterocycles. The van der Waals surface area contributed by atoms with Crippen LogP contribution in [-0.2, 0) is 31.3 Å². The highest BCUT2D eigenvalue weighted by Gasteiger charge is 2.42. The summed E-state index contributed by atoms with van der Waals surface area (Å²) >= 11 is 0. The van der Waals surface area contributed by atoms with Crippen molar-refractivity contribution in [2.75, 3.05) is 30.8 Å². The predicted octanol–water partition coefficient (Wildman–Crippen LogP) is 5.40. The number of sulfone groups is 1. The first-order valence-corrected chi connectivity index (χ1v) is 18.4. The summed E-state index contributed by atoms with van der Waals surface area (Å²) in [6, 6.07) is 14.1. The van der Waals surface area contributed by atoms with Crippen molar-refractivity contribution >= 4 is 27.5 Å². The first kappa shape index (κ1) is 38.2. The van der Waals surface area contributed by atoms with Crippen molar-refractivity contribution in [1.82, 2.24) is 25.4 Å². The molecule has 2 amide bonds. The third kappa shape index (κ3) is 8.47. The quantitative estimate of drug-likeness (QED) is 0.253. The number of alkyl carbamates (subject to hydrolysis) is 1. The van der Waals surface area contributed by atoms with Gasteiger partial charge >= 0.3 is 12.5 Å². The third-order valence-electron chi connectivity index (χ3n) is 8.92. The summed E-state index contributed by atoms with van der Waals surface area (Å²) < 4.78 is 80.7. The molecule has 1 saturated heterocycles. The fraction of sp³-hybridized carbons (Fsp3) is 0.389. The minimum atomic E-state index is -4.86. The van der Waals surface area contributed by atoms with Gasteiger partial charge in [0.2, 0.25) is 11.8 Å². The highest BCUT2D eigenvalue weighted by Crippen LogP contribution is 2.38. The molecular formula is C36H36F3N7O7S. The number of nitrogens with zero attached hydrogens (tertiary/aromatic N) is 6. The van der Waals surface area contributed by atoms with Crippen molar-refractivity contribution in [2.24, 2.45) is 0 Å². The fourth-order valence-electron chi connectivity index (χ4n) is 6.14. The van der Waals surface area contributed by atoms with Crippen molar-refractivity contribution in [3.8, 4) is 34.5 Å². The number of benzene rings is 2. The average molecular weight is 768 g/mol. The van der Waals surface area contributed by atoms with Gasteiger partial charge in [0.05, 0.1) is 40.8 Å². The normalized spacial score (nSPS) is 18.6. The molecule has 6 rings (SSSR count). The molecule has 18 heteroatoms. The molecule has 0 spiro atoms. The molecule has 1 N–H and O–H groups in total. The van der Waals surface area contributed by atoms with Crippen molar-refractivity contribution in [3.63, 3.8) is 0 Å². The van der Waals surface area contributed by atoms with Crippen LogP contribution in [0.4, 0.5) is 23.7 Å². The van der Waals surface area contributed by atoms with Gasteiger partial charge in [-0.25, -0.2) is 13.2 Å². The van der Waals surface area contributed by atoms with Crippen LogP contribution in [0.3, 0.4) is 0 Å². The molecule has 0 saturated carbocycles. The van der Waals surface area contributed by atoms with Crippen molar-refractivity contribution in [2.45, 2.75) is 68.5 Å². The first-order chi connectivity index (χ1) is 25.3. The van der Waals surface area contributed by atoms with E-state index in [1.165, 1.54) is 29.2 Å². The Morgan fingerprint density at radius 3 is 2.35 bits per heavy atom. The fourth-order valence-corrected chi connectivity index (χ4v) is 7.75. The van der Waals surface area contributed by atoms with Gasteiger partial charge in [-0.1, -0.05) is 24.3 Å². The summed E-state index contributed by atoms with van der Waals surface area (Å²) in [7, 11) is -2.25. The second-order valence-corrected chi connectivity index (χ2v) is 16.1. The van der Waals surface area contributed by atoms with Crippen LogP contribution in [0.1, 0.15) is 45.1 Å². The summed E-state index contributed by atoms with van der Waals surface area (Å²) in [4.78, 5) is 34.3. The van der Waals surface area contributed by atoms with E-state index in [1.807, 2.05) is 7.05 Å². The van der Waals surface area contributed by atoms with Crippen molar-refractivity contribution in [1.29, 1.82) is 5.26 Å². The Kier molecular flexibility index (Phi) is 10.2. The number of ether oxygens (including phenoxy) is 2. The number of nitrogens with one attached hydrogen (secondary N) is 1. The van der Waals surface area contributed by atoms with E-state index < -0.39 is 56.8 Å². The van der Waals surface area contributed by atoms with E-state index in [2.05, 4.69) is 36.2 Å². The Morgan fingerprint density at radius 2 is 1.74 bits per heavy atom. The van der Waals surface area contributed by atoms with Crippen LogP contribution in [0.2, 0.25) is 0 Å². The molecule has 1 fully saturated rings. The Bertz CT molecular complexity index is 2190. The zero-order valence-corrected chi connectivity index (χ0v) is 30.5. The van der Waals surface area contributed by atoms with Gasteiger partial charge < -0.3 is 29.0 Å². The smallest absolute Gasteiger partial charge is 0.444 e. The van der Waals surface area contributed by atoms with Crippen molar-refractivity contribution in [3.05, 3.63) is 72.2 Å². The Hall–Kier alpha value is -5.54. The molecule has 4 aromatic rings. The van der Waals surface area contributed by atoms with Gasteiger partial charge in [0.1, 0.15) is 22.8 Å². The van der Waals surface area contributed by atoms with Crippen LogP contribution in [0.5, 0.6) is 5.75 Å². The van der Waals surface area contributed by atoms with E-state index in [9.17, 15) is 36.4 Å². The van der Waals surface area contributed by atoms with Gasteiger partial charge in [0.25, 0.3) is 5.91 Å². The summed E-state index contributed by atoms with van der Waals surface area (Å²) in [6.45, 7) is 6.01. The van der Waals surface area contributed by atoms with E-state index in [0.717, 1.165) is 12.3 Å². The number of halogens is 3. The number of amides is 2. The highest BCUT2D eigenvalue weighted by molar-refractivity contribution is 7.91. The molecule has 2 aromatic carbocycles. The van der Waals surface area contributed by atoms with Crippen LogP contribution in [0.15, 0.2) is 70.1 Å². The van der Waals surface area contributed by atoms with E-state index >= 15 is 0 Å². The van der Waals surface area contributed by atoms with E-state index in [0.29, 0.717) is 48.3 Å². The number of fused-ring (bicyclic) bond motifs is 1. The molecular weight excluding hydrogens is 731 g/mol. The topological polar surface area (TPSA) is 181 Å². The Morgan fingerprint density at radius 1 is 1.06 bits per heavy atom. The maximum absolute atomic E-state index is 14.3. The van der Waals surface area contributed by atoms with Gasteiger partial charge in [-0.15, -0.1) is 23.4 Å². The highest BCUT2D eigenvalue weighted by atomic mass is 32.2. The van der Waals surface area contributed by atoms with E-state index in [-0.39, 0.29) is 28.9 Å². The molecule has 0 unspecified atom stereocenters. The van der Waals surface area contributed by atoms with Gasteiger partial charge in [0, 0.05) is 11.1 Å². The Balaban J connectivity index is 1.35. The zero-order chi connectivity index (χ0) is 39.1. The molecule has 4 heterocycles. The summed E-state index contributed by atoms with van der Waals surface area (Å²) in [5.41, 5.74) is -0.213. The van der Waals surface area contributed by atoms with Gasteiger partial charge in [-0.2, -0.15) is 5.26 Å². The number of carbonyl (C=O) groups is 2. The molecule has 54 heavy (non-hydrogen) atoms. The predicted molar refractivity (Wildman–Crippen MR) is 187 cm³/mol. The minimum absolute atomic E-state index is 0.00831. The lowest BCUT2D eigenvalue weighted by Gasteiger charge is -2.32. The summed E-state index contributed by atoms with van der Waals surface area (Å²) in [6.07, 6.45) is -3.95. The second-order valence-electron chi connectivity index (χ2n) is 14.1. The largest absolute Gasteiger partial charge is 0.573 e. The number of alkyl halides is 3. The molecule has 0 bridgehead atoms. The molecule has 0 radical (unpaired) electrons. The third-order valence-corrected chi connectivity index (χ3v) is 10.7. The lowest BCUT2D eigenvalue weighted by atomic mass is 9.80. The van der Waals surface area contributed by atoms with E-state index in [1.54, 1.807) is 45.0 Å². The number of rotatable bonds is 7. The number of aromatic nitrogens is 3. The number of anilines is 1. The molecule has 2 aliphatic rings. The maximum Gasteiger partial charge on any atom is 0.573 e. The monoisotopic (exact) mass is 767 g/mol. The minimum Gasteiger partial charge on any atom is -0.444 e. The lowest BCUT2D eigenvalue weighted by Crippen LogP contribution is -2.51. The SMILES string of the molecule is CN1CCC(C#N)(c2nnc(-c3ccc4c(c3)N(Cc3ccc(-c5ccc(OC(F)(F)F)cn5)cc3)C(=O)[C@@H](NC(=O)OC(C)(C)C)CS4(=O)=O)o2)CC1. The van der Waals surface area contributed by atoms with Crippen molar-refractivity contribution < 1.29 is 45.1 Å².